The fraction of sp³-hybridized carbons (Fsp3) is 0.364. The minimum atomic E-state index is -2.66. The first kappa shape index (κ1) is 10.9. The number of rotatable bonds is 3. The molecule has 0 unspecified atom stereocenters. The van der Waals surface area contributed by atoms with Gasteiger partial charge in [0.25, 0.3) is 0 Å². The summed E-state index contributed by atoms with van der Waals surface area (Å²) in [5.41, 5.74) is 5.82. The molecule has 0 radical (unpaired) electrons. The van der Waals surface area contributed by atoms with E-state index in [1.807, 2.05) is 18.2 Å². The van der Waals surface area contributed by atoms with Crippen LogP contribution in [0.1, 0.15) is 12.8 Å². The summed E-state index contributed by atoms with van der Waals surface area (Å²) in [6.45, 7) is 0. The van der Waals surface area contributed by atoms with Crippen LogP contribution in [0.4, 0.5) is 14.5 Å². The number of carbonyl (C=O) groups is 1. The summed E-state index contributed by atoms with van der Waals surface area (Å²) in [4.78, 5) is 11.4. The number of hydrogen-bond acceptors (Lipinski definition) is 2. The molecular weight excluding hydrogens is 214 g/mol. The molecule has 0 heterocycles. The van der Waals surface area contributed by atoms with Gasteiger partial charge in [-0.3, -0.25) is 15.6 Å². The minimum Gasteiger partial charge on any atom is -0.299 e. The van der Waals surface area contributed by atoms with Crippen LogP contribution in [0.3, 0.4) is 0 Å². The Balaban J connectivity index is 1.77. The Kier molecular flexibility index (Phi) is 2.77. The second-order valence-corrected chi connectivity index (χ2v) is 3.94. The van der Waals surface area contributed by atoms with Crippen LogP contribution in [0.2, 0.25) is 0 Å². The Morgan fingerprint density at radius 2 is 1.88 bits per heavy atom. The molecule has 0 saturated heterocycles. The first-order chi connectivity index (χ1) is 7.57. The predicted octanol–water partition coefficient (Wildman–Crippen LogP) is 2.17. The van der Waals surface area contributed by atoms with Gasteiger partial charge >= 0.3 is 0 Å². The molecule has 1 saturated carbocycles. The second kappa shape index (κ2) is 4.08. The molecule has 0 bridgehead atoms. The van der Waals surface area contributed by atoms with Gasteiger partial charge in [-0.25, -0.2) is 8.78 Å². The predicted molar refractivity (Wildman–Crippen MR) is 55.9 cm³/mol. The number of anilines is 1. The summed E-state index contributed by atoms with van der Waals surface area (Å²) < 4.78 is 25.0. The van der Waals surface area contributed by atoms with Crippen molar-refractivity contribution >= 4 is 11.6 Å². The highest BCUT2D eigenvalue weighted by atomic mass is 19.3. The lowest BCUT2D eigenvalue weighted by molar-refractivity contribution is -0.149. The number of nitrogens with one attached hydrogen (secondary N) is 2. The van der Waals surface area contributed by atoms with Gasteiger partial charge in [0.1, 0.15) is 0 Å². The van der Waals surface area contributed by atoms with Crippen molar-refractivity contribution in [1.82, 2.24) is 5.43 Å². The Bertz CT molecular complexity index is 373. The van der Waals surface area contributed by atoms with Crippen LogP contribution < -0.4 is 10.9 Å². The zero-order chi connectivity index (χ0) is 11.6. The van der Waals surface area contributed by atoms with Gasteiger partial charge in [0, 0.05) is 12.8 Å². The zero-order valence-electron chi connectivity index (χ0n) is 8.54. The summed E-state index contributed by atoms with van der Waals surface area (Å²) in [6.07, 6.45) is -0.704. The van der Waals surface area contributed by atoms with E-state index in [1.54, 1.807) is 12.1 Å². The van der Waals surface area contributed by atoms with E-state index >= 15 is 0 Å². The average Bonchev–Trinajstić information content (AvgIpc) is 2.24. The maximum absolute atomic E-state index is 12.5. The fourth-order valence-corrected chi connectivity index (χ4v) is 1.60. The van der Waals surface area contributed by atoms with E-state index < -0.39 is 11.8 Å². The molecule has 1 amide bonds. The summed E-state index contributed by atoms with van der Waals surface area (Å²) in [6, 6.07) is 9.02. The van der Waals surface area contributed by atoms with E-state index in [2.05, 4.69) is 10.9 Å². The molecule has 2 rings (SSSR count). The molecule has 3 nitrogen and oxygen atoms in total. The SMILES string of the molecule is O=C(NNc1ccccc1)C1CC(F)(F)C1. The third kappa shape index (κ3) is 2.48. The molecule has 16 heavy (non-hydrogen) atoms. The van der Waals surface area contributed by atoms with Gasteiger partial charge in [-0.1, -0.05) is 18.2 Å². The van der Waals surface area contributed by atoms with Gasteiger partial charge in [0.05, 0.1) is 11.6 Å². The molecule has 86 valence electrons. The Morgan fingerprint density at radius 1 is 1.25 bits per heavy atom. The van der Waals surface area contributed by atoms with Crippen molar-refractivity contribution in [2.24, 2.45) is 5.92 Å². The van der Waals surface area contributed by atoms with E-state index in [0.29, 0.717) is 0 Å². The lowest BCUT2D eigenvalue weighted by Crippen LogP contribution is -2.46. The molecule has 1 aliphatic carbocycles. The van der Waals surface area contributed by atoms with E-state index in [1.165, 1.54) is 0 Å². The van der Waals surface area contributed by atoms with Crippen LogP contribution in [0, 0.1) is 5.92 Å². The first-order valence-corrected chi connectivity index (χ1v) is 5.06. The van der Waals surface area contributed by atoms with Crippen LogP contribution in [0.15, 0.2) is 30.3 Å². The topological polar surface area (TPSA) is 41.1 Å². The molecule has 1 aromatic rings. The number of benzene rings is 1. The van der Waals surface area contributed by atoms with Crippen molar-refractivity contribution in [2.75, 3.05) is 5.43 Å². The van der Waals surface area contributed by atoms with Crippen molar-refractivity contribution in [3.8, 4) is 0 Å². The third-order valence-electron chi connectivity index (χ3n) is 2.56. The van der Waals surface area contributed by atoms with Crippen LogP contribution in [-0.2, 0) is 4.79 Å². The van der Waals surface area contributed by atoms with E-state index in [9.17, 15) is 13.6 Å². The largest absolute Gasteiger partial charge is 0.299 e. The molecule has 5 heteroatoms. The van der Waals surface area contributed by atoms with Crippen molar-refractivity contribution < 1.29 is 13.6 Å². The summed E-state index contributed by atoms with van der Waals surface area (Å²) in [7, 11) is 0. The standard InChI is InChI=1S/C11H12F2N2O/c12-11(13)6-8(7-11)10(16)15-14-9-4-2-1-3-5-9/h1-5,8,14H,6-7H2,(H,15,16). The van der Waals surface area contributed by atoms with Gasteiger partial charge in [-0.05, 0) is 12.1 Å². The molecule has 1 fully saturated rings. The molecular formula is C11H12F2N2O. The van der Waals surface area contributed by atoms with Gasteiger partial charge in [-0.2, -0.15) is 0 Å². The van der Waals surface area contributed by atoms with Crippen LogP contribution >= 0.6 is 0 Å². The third-order valence-corrected chi connectivity index (χ3v) is 2.56. The maximum atomic E-state index is 12.5. The normalized spacial score (nSPS) is 18.6. The summed E-state index contributed by atoms with van der Waals surface area (Å²) in [5.74, 6) is -3.62. The second-order valence-electron chi connectivity index (χ2n) is 3.94. The van der Waals surface area contributed by atoms with Crippen LogP contribution in [0.25, 0.3) is 0 Å². The lowest BCUT2D eigenvalue weighted by atomic mass is 9.81. The van der Waals surface area contributed by atoms with Crippen molar-refractivity contribution in [3.05, 3.63) is 30.3 Å². The number of hydrogen-bond donors (Lipinski definition) is 2. The molecule has 2 N–H and O–H groups in total. The Labute approximate surface area is 91.8 Å². The smallest absolute Gasteiger partial charge is 0.249 e. The summed E-state index contributed by atoms with van der Waals surface area (Å²) in [5, 5.41) is 0. The summed E-state index contributed by atoms with van der Waals surface area (Å²) >= 11 is 0. The van der Waals surface area contributed by atoms with Crippen molar-refractivity contribution in [3.63, 3.8) is 0 Å². The highest BCUT2D eigenvalue weighted by Gasteiger charge is 2.48. The molecule has 0 aliphatic heterocycles. The molecule has 0 aromatic heterocycles. The molecule has 0 atom stereocenters. The lowest BCUT2D eigenvalue weighted by Gasteiger charge is -2.33. The zero-order valence-corrected chi connectivity index (χ0v) is 8.54. The maximum Gasteiger partial charge on any atom is 0.249 e. The Morgan fingerprint density at radius 3 is 2.44 bits per heavy atom. The van der Waals surface area contributed by atoms with E-state index in [-0.39, 0.29) is 18.7 Å². The van der Waals surface area contributed by atoms with E-state index in [4.69, 9.17) is 0 Å². The van der Waals surface area contributed by atoms with Crippen LogP contribution in [0.5, 0.6) is 0 Å². The highest BCUT2D eigenvalue weighted by molar-refractivity contribution is 5.81. The number of hydrazine groups is 1. The quantitative estimate of drug-likeness (QED) is 0.775. The molecule has 0 spiro atoms. The molecule has 1 aromatic carbocycles. The minimum absolute atomic E-state index is 0.352. The Hall–Kier alpha value is -1.65. The van der Waals surface area contributed by atoms with Crippen molar-refractivity contribution in [1.29, 1.82) is 0 Å². The first-order valence-electron chi connectivity index (χ1n) is 5.06. The number of alkyl halides is 2. The number of halogens is 2. The van der Waals surface area contributed by atoms with Gasteiger partial charge in [0.15, 0.2) is 0 Å². The fourth-order valence-electron chi connectivity index (χ4n) is 1.60. The number of carbonyl (C=O) groups excluding carboxylic acids is 1. The highest BCUT2D eigenvalue weighted by Crippen LogP contribution is 2.42. The molecule has 1 aliphatic rings. The van der Waals surface area contributed by atoms with Crippen LogP contribution in [-0.4, -0.2) is 11.8 Å². The van der Waals surface area contributed by atoms with Crippen molar-refractivity contribution in [2.45, 2.75) is 18.8 Å². The van der Waals surface area contributed by atoms with Gasteiger partial charge in [-0.15, -0.1) is 0 Å². The number of amides is 1. The average molecular weight is 226 g/mol. The van der Waals surface area contributed by atoms with E-state index in [0.717, 1.165) is 5.69 Å². The monoisotopic (exact) mass is 226 g/mol. The number of para-hydroxylation sites is 1. The van der Waals surface area contributed by atoms with Gasteiger partial charge < -0.3 is 0 Å². The van der Waals surface area contributed by atoms with Gasteiger partial charge in [0.2, 0.25) is 11.8 Å².